The Morgan fingerprint density at radius 1 is 1.13 bits per heavy atom. The van der Waals surface area contributed by atoms with E-state index in [1.54, 1.807) is 19.1 Å². The van der Waals surface area contributed by atoms with Crippen LogP contribution < -0.4 is 15.4 Å². The second kappa shape index (κ2) is 9.38. The molecule has 2 aromatic carbocycles. The normalized spacial score (nSPS) is 11.4. The number of ether oxygens (including phenoxy) is 1. The summed E-state index contributed by atoms with van der Waals surface area (Å²) in [5.74, 6) is -0.749. The monoisotopic (exact) mass is 442 g/mol. The highest BCUT2D eigenvalue weighted by Gasteiger charge is 2.34. The number of rotatable bonds is 6. The number of nitrogens with one attached hydrogen (secondary N) is 2. The first-order valence-corrected chi connectivity index (χ1v) is 9.47. The van der Waals surface area contributed by atoms with Gasteiger partial charge in [-0.05, 0) is 54.3 Å². The zero-order chi connectivity index (χ0) is 22.6. The van der Waals surface area contributed by atoms with Gasteiger partial charge in [0.25, 0.3) is 5.91 Å². The first-order chi connectivity index (χ1) is 13.9. The second-order valence-corrected chi connectivity index (χ2v) is 7.48. The van der Waals surface area contributed by atoms with Gasteiger partial charge >= 0.3 is 6.18 Å². The maximum Gasteiger partial charge on any atom is 0.418 e. The van der Waals surface area contributed by atoms with Gasteiger partial charge in [0.15, 0.2) is 6.61 Å². The van der Waals surface area contributed by atoms with Crippen LogP contribution >= 0.6 is 11.6 Å². The Hall–Kier alpha value is -2.74. The third-order valence-electron chi connectivity index (χ3n) is 4.19. The lowest BCUT2D eigenvalue weighted by molar-refractivity contribution is -0.137. The van der Waals surface area contributed by atoms with Crippen molar-refractivity contribution < 1.29 is 27.5 Å². The number of hydrogen-bond acceptors (Lipinski definition) is 3. The molecular weight excluding hydrogens is 421 g/mol. The number of benzene rings is 2. The molecule has 0 aliphatic heterocycles. The zero-order valence-electron chi connectivity index (χ0n) is 16.9. The quantitative estimate of drug-likeness (QED) is 0.597. The molecule has 0 unspecified atom stereocenters. The molecule has 0 radical (unpaired) electrons. The van der Waals surface area contributed by atoms with Crippen molar-refractivity contribution in [2.45, 2.75) is 39.8 Å². The van der Waals surface area contributed by atoms with Crippen molar-refractivity contribution in [3.05, 3.63) is 52.0 Å². The van der Waals surface area contributed by atoms with Crippen LogP contribution in [0.5, 0.6) is 5.75 Å². The van der Waals surface area contributed by atoms with Crippen molar-refractivity contribution in [1.29, 1.82) is 0 Å². The fraction of sp³-hybridized carbons (Fsp3) is 0.333. The molecule has 2 rings (SSSR count). The largest absolute Gasteiger partial charge is 0.483 e. The average Bonchev–Trinajstić information content (AvgIpc) is 2.62. The van der Waals surface area contributed by atoms with Gasteiger partial charge in [0.05, 0.1) is 11.3 Å². The maximum absolute atomic E-state index is 13.4. The Balaban J connectivity index is 2.19. The van der Waals surface area contributed by atoms with Crippen LogP contribution in [0.3, 0.4) is 0 Å². The molecular formula is C21H22ClF3N2O3. The fourth-order valence-electron chi connectivity index (χ4n) is 2.74. The zero-order valence-corrected chi connectivity index (χ0v) is 17.7. The molecule has 0 saturated heterocycles. The second-order valence-electron chi connectivity index (χ2n) is 7.07. The van der Waals surface area contributed by atoms with E-state index in [0.29, 0.717) is 10.8 Å². The third-order valence-corrected chi connectivity index (χ3v) is 4.60. The number of alkyl halides is 3. The Morgan fingerprint density at radius 2 is 1.80 bits per heavy atom. The molecule has 0 heterocycles. The molecule has 9 heteroatoms. The summed E-state index contributed by atoms with van der Waals surface area (Å²) in [7, 11) is 0. The molecule has 0 fully saturated rings. The smallest absolute Gasteiger partial charge is 0.418 e. The Bertz CT molecular complexity index is 959. The van der Waals surface area contributed by atoms with Gasteiger partial charge in [0, 0.05) is 17.6 Å². The highest BCUT2D eigenvalue weighted by molar-refractivity contribution is 6.31. The molecule has 30 heavy (non-hydrogen) atoms. The van der Waals surface area contributed by atoms with Gasteiger partial charge in [-0.3, -0.25) is 9.59 Å². The maximum atomic E-state index is 13.4. The van der Waals surface area contributed by atoms with Crippen LogP contribution in [0.1, 0.15) is 43.4 Å². The minimum atomic E-state index is -4.73. The highest BCUT2D eigenvalue weighted by Crippen LogP contribution is 2.37. The Morgan fingerprint density at radius 3 is 2.37 bits per heavy atom. The lowest BCUT2D eigenvalue weighted by Gasteiger charge is -2.17. The molecule has 0 aliphatic rings. The summed E-state index contributed by atoms with van der Waals surface area (Å²) in [4.78, 5) is 23.4. The van der Waals surface area contributed by atoms with Crippen LogP contribution in [0.25, 0.3) is 0 Å². The van der Waals surface area contributed by atoms with E-state index in [2.05, 4.69) is 10.6 Å². The number of hydrogen-bond donors (Lipinski definition) is 2. The molecule has 0 aromatic heterocycles. The van der Waals surface area contributed by atoms with E-state index < -0.39 is 35.8 Å². The summed E-state index contributed by atoms with van der Waals surface area (Å²) < 4.78 is 45.7. The fourth-order valence-corrected chi connectivity index (χ4v) is 2.92. The SMILES string of the molecule is CC(=O)Nc1ccc(NC(=O)COc2cc(C)c(Cl)cc2C(C)C)c(C(F)(F)F)c1. The third kappa shape index (κ3) is 6.13. The van der Waals surface area contributed by atoms with E-state index in [9.17, 15) is 22.8 Å². The molecule has 5 nitrogen and oxygen atoms in total. The average molecular weight is 443 g/mol. The van der Waals surface area contributed by atoms with Gasteiger partial charge in [0.2, 0.25) is 5.91 Å². The summed E-state index contributed by atoms with van der Waals surface area (Å²) in [6.45, 7) is 6.35. The predicted molar refractivity (Wildman–Crippen MR) is 110 cm³/mol. The molecule has 0 saturated carbocycles. The van der Waals surface area contributed by atoms with Gasteiger partial charge < -0.3 is 15.4 Å². The van der Waals surface area contributed by atoms with Gasteiger partial charge in [-0.25, -0.2) is 0 Å². The molecule has 0 atom stereocenters. The standard InChI is InChI=1S/C21H22ClF3N2O3/c1-11(2)15-9-17(22)12(3)7-19(15)30-10-20(29)27-18-6-5-14(26-13(4)28)8-16(18)21(23,24)25/h5-9,11H,10H2,1-4H3,(H,26,28)(H,27,29). The van der Waals surface area contributed by atoms with Crippen molar-refractivity contribution >= 4 is 34.8 Å². The van der Waals surface area contributed by atoms with Crippen LogP contribution in [0, 0.1) is 6.92 Å². The number of amides is 2. The summed E-state index contributed by atoms with van der Waals surface area (Å²) in [6, 6.07) is 6.55. The van der Waals surface area contributed by atoms with Crippen LogP contribution in [-0.4, -0.2) is 18.4 Å². The van der Waals surface area contributed by atoms with Gasteiger partial charge in [0.1, 0.15) is 5.75 Å². The summed E-state index contributed by atoms with van der Waals surface area (Å²) in [5.41, 5.74) is 0.00889. The van der Waals surface area contributed by atoms with E-state index in [1.807, 2.05) is 13.8 Å². The summed E-state index contributed by atoms with van der Waals surface area (Å²) in [6.07, 6.45) is -4.73. The lowest BCUT2D eigenvalue weighted by atomic mass is 10.0. The van der Waals surface area contributed by atoms with E-state index in [4.69, 9.17) is 16.3 Å². The number of anilines is 2. The van der Waals surface area contributed by atoms with Gasteiger partial charge in [-0.1, -0.05) is 25.4 Å². The van der Waals surface area contributed by atoms with E-state index in [0.717, 1.165) is 23.3 Å². The molecule has 0 spiro atoms. The molecule has 0 aliphatic carbocycles. The van der Waals surface area contributed by atoms with E-state index in [-0.39, 0.29) is 11.6 Å². The first-order valence-electron chi connectivity index (χ1n) is 9.10. The molecule has 0 bridgehead atoms. The molecule has 2 amide bonds. The minimum absolute atomic E-state index is 0.0257. The summed E-state index contributed by atoms with van der Waals surface area (Å²) >= 11 is 6.14. The van der Waals surface area contributed by atoms with E-state index in [1.165, 1.54) is 13.0 Å². The van der Waals surface area contributed by atoms with Crippen LogP contribution in [0.15, 0.2) is 30.3 Å². The van der Waals surface area contributed by atoms with Crippen LogP contribution in [0.2, 0.25) is 5.02 Å². The topological polar surface area (TPSA) is 67.4 Å². The van der Waals surface area contributed by atoms with Gasteiger partial charge in [-0.15, -0.1) is 0 Å². The number of carbonyl (C=O) groups is 2. The van der Waals surface area contributed by atoms with Crippen molar-refractivity contribution in [2.75, 3.05) is 17.2 Å². The molecule has 2 N–H and O–H groups in total. The Kier molecular flexibility index (Phi) is 7.36. The van der Waals surface area contributed by atoms with Crippen molar-refractivity contribution in [3.63, 3.8) is 0 Å². The summed E-state index contributed by atoms with van der Waals surface area (Å²) in [5, 5.41) is 5.06. The van der Waals surface area contributed by atoms with Crippen molar-refractivity contribution in [3.8, 4) is 5.75 Å². The van der Waals surface area contributed by atoms with Crippen molar-refractivity contribution in [1.82, 2.24) is 0 Å². The highest BCUT2D eigenvalue weighted by atomic mass is 35.5. The van der Waals surface area contributed by atoms with Crippen LogP contribution in [0.4, 0.5) is 24.5 Å². The number of carbonyl (C=O) groups excluding carboxylic acids is 2. The van der Waals surface area contributed by atoms with Crippen molar-refractivity contribution in [2.24, 2.45) is 0 Å². The molecule has 162 valence electrons. The predicted octanol–water partition coefficient (Wildman–Crippen LogP) is 5.77. The first kappa shape index (κ1) is 23.5. The van der Waals surface area contributed by atoms with E-state index >= 15 is 0 Å². The Labute approximate surface area is 177 Å². The minimum Gasteiger partial charge on any atom is -0.483 e. The van der Waals surface area contributed by atoms with Gasteiger partial charge in [-0.2, -0.15) is 13.2 Å². The molecule has 2 aromatic rings. The van der Waals surface area contributed by atoms with Crippen LogP contribution in [-0.2, 0) is 15.8 Å². The lowest BCUT2D eigenvalue weighted by Crippen LogP contribution is -2.23. The number of aryl methyl sites for hydroxylation is 1. The number of halogens is 4.